The van der Waals surface area contributed by atoms with Crippen LogP contribution in [-0.2, 0) is 11.3 Å². The van der Waals surface area contributed by atoms with Gasteiger partial charge in [0.15, 0.2) is 0 Å². The van der Waals surface area contributed by atoms with Gasteiger partial charge in [0.25, 0.3) is 0 Å². The summed E-state index contributed by atoms with van der Waals surface area (Å²) in [5, 5.41) is 3.35. The average Bonchev–Trinajstić information content (AvgIpc) is 2.43. The first-order chi connectivity index (χ1) is 10.0. The Bertz CT molecular complexity index is 447. The number of hydrogen-bond acceptors (Lipinski definition) is 4. The number of ether oxygens (including phenoxy) is 2. The van der Waals surface area contributed by atoms with Crippen molar-refractivity contribution in [3.63, 3.8) is 0 Å². The Morgan fingerprint density at radius 2 is 2.05 bits per heavy atom. The highest BCUT2D eigenvalue weighted by atomic mass is 16.5. The summed E-state index contributed by atoms with van der Waals surface area (Å²) in [7, 11) is 0. The fraction of sp³-hybridized carbons (Fsp3) is 0.562. The number of carbonyl (C=O) groups is 1. The van der Waals surface area contributed by atoms with Gasteiger partial charge < -0.3 is 20.5 Å². The minimum atomic E-state index is -0.366. The predicted octanol–water partition coefficient (Wildman–Crippen LogP) is 2.23. The molecule has 0 unspecified atom stereocenters. The highest BCUT2D eigenvalue weighted by molar-refractivity contribution is 5.73. The normalized spacial score (nSPS) is 10.7. The molecule has 0 atom stereocenters. The van der Waals surface area contributed by atoms with Gasteiger partial charge >= 0.3 is 0 Å². The van der Waals surface area contributed by atoms with E-state index in [4.69, 9.17) is 15.2 Å². The summed E-state index contributed by atoms with van der Waals surface area (Å²) in [6, 6.07) is 6.18. The molecule has 0 aromatic heterocycles. The lowest BCUT2D eigenvalue weighted by Gasteiger charge is -2.15. The summed E-state index contributed by atoms with van der Waals surface area (Å²) in [6.45, 7) is 7.90. The zero-order valence-corrected chi connectivity index (χ0v) is 13.1. The summed E-state index contributed by atoms with van der Waals surface area (Å²) in [5.74, 6) is 1.15. The second-order valence-electron chi connectivity index (χ2n) is 5.22. The van der Waals surface area contributed by atoms with E-state index < -0.39 is 0 Å². The van der Waals surface area contributed by atoms with Crippen LogP contribution in [0.2, 0.25) is 0 Å². The first-order valence-electron chi connectivity index (χ1n) is 7.43. The second-order valence-corrected chi connectivity index (χ2v) is 5.22. The van der Waals surface area contributed by atoms with Crippen LogP contribution in [0.3, 0.4) is 0 Å². The van der Waals surface area contributed by atoms with E-state index in [1.807, 2.05) is 18.2 Å². The quantitative estimate of drug-likeness (QED) is 0.694. The van der Waals surface area contributed by atoms with E-state index in [1.165, 1.54) is 0 Å². The molecular weight excluding hydrogens is 268 g/mol. The van der Waals surface area contributed by atoms with E-state index in [2.05, 4.69) is 26.1 Å². The Labute approximate surface area is 126 Å². The van der Waals surface area contributed by atoms with Gasteiger partial charge in [-0.1, -0.05) is 26.8 Å². The molecule has 0 saturated carbocycles. The van der Waals surface area contributed by atoms with Crippen LogP contribution in [0.25, 0.3) is 0 Å². The minimum Gasteiger partial charge on any atom is -0.493 e. The first-order valence-corrected chi connectivity index (χ1v) is 7.43. The molecule has 5 nitrogen and oxygen atoms in total. The van der Waals surface area contributed by atoms with Gasteiger partial charge in [-0.05, 0) is 12.5 Å². The largest absolute Gasteiger partial charge is 0.493 e. The molecule has 0 spiro atoms. The lowest BCUT2D eigenvalue weighted by Crippen LogP contribution is -2.22. The van der Waals surface area contributed by atoms with Crippen molar-refractivity contribution in [2.45, 2.75) is 46.2 Å². The van der Waals surface area contributed by atoms with Crippen molar-refractivity contribution < 1.29 is 14.3 Å². The highest BCUT2D eigenvalue weighted by Gasteiger charge is 2.08. The maximum atomic E-state index is 10.8. The van der Waals surface area contributed by atoms with Crippen LogP contribution in [0.15, 0.2) is 18.2 Å². The van der Waals surface area contributed by atoms with Crippen LogP contribution < -0.4 is 20.5 Å². The fourth-order valence-electron chi connectivity index (χ4n) is 1.70. The zero-order chi connectivity index (χ0) is 15.7. The highest BCUT2D eigenvalue weighted by Crippen LogP contribution is 2.25. The number of nitrogens with one attached hydrogen (secondary N) is 1. The molecule has 1 amide bonds. The Morgan fingerprint density at radius 1 is 1.29 bits per heavy atom. The number of benzene rings is 1. The van der Waals surface area contributed by atoms with Gasteiger partial charge in [-0.2, -0.15) is 0 Å². The van der Waals surface area contributed by atoms with Crippen molar-refractivity contribution in [2.75, 3.05) is 13.2 Å². The number of nitrogens with two attached hydrogens (primary N) is 1. The van der Waals surface area contributed by atoms with Crippen LogP contribution in [0, 0.1) is 0 Å². The van der Waals surface area contributed by atoms with E-state index >= 15 is 0 Å². The average molecular weight is 294 g/mol. The minimum absolute atomic E-state index is 0.205. The number of amides is 1. The Kier molecular flexibility index (Phi) is 7.61. The number of hydrogen-bond donors (Lipinski definition) is 2. The van der Waals surface area contributed by atoms with Gasteiger partial charge in [0.2, 0.25) is 5.91 Å². The molecule has 0 aliphatic heterocycles. The Balaban J connectivity index is 2.76. The molecule has 0 aliphatic rings. The topological polar surface area (TPSA) is 73.6 Å². The first kappa shape index (κ1) is 17.3. The van der Waals surface area contributed by atoms with E-state index in [0.717, 1.165) is 23.5 Å². The molecule has 0 saturated heterocycles. The van der Waals surface area contributed by atoms with Gasteiger partial charge in [-0.25, -0.2) is 0 Å². The van der Waals surface area contributed by atoms with Crippen molar-refractivity contribution in [2.24, 2.45) is 5.73 Å². The summed E-state index contributed by atoms with van der Waals surface area (Å²) >= 11 is 0. The van der Waals surface area contributed by atoms with Crippen LogP contribution in [0.5, 0.6) is 11.5 Å². The maximum absolute atomic E-state index is 10.8. The molecule has 1 aromatic carbocycles. The monoisotopic (exact) mass is 294 g/mol. The number of primary amides is 1. The molecule has 0 radical (unpaired) electrons. The van der Waals surface area contributed by atoms with Gasteiger partial charge in [-0.15, -0.1) is 0 Å². The van der Waals surface area contributed by atoms with E-state index in [1.54, 1.807) is 0 Å². The molecule has 118 valence electrons. The van der Waals surface area contributed by atoms with Gasteiger partial charge in [-0.3, -0.25) is 4.79 Å². The molecular formula is C16H26N2O3. The Hall–Kier alpha value is -1.75. The zero-order valence-electron chi connectivity index (χ0n) is 13.1. The number of rotatable bonds is 10. The van der Waals surface area contributed by atoms with Crippen molar-refractivity contribution in [1.29, 1.82) is 0 Å². The molecule has 21 heavy (non-hydrogen) atoms. The van der Waals surface area contributed by atoms with Crippen molar-refractivity contribution in [3.8, 4) is 11.5 Å². The van der Waals surface area contributed by atoms with Crippen molar-refractivity contribution in [1.82, 2.24) is 5.32 Å². The molecule has 0 fully saturated rings. The SMILES string of the molecule is CCCOc1ccc(CNC(C)C)c(OCCC(N)=O)c1. The third-order valence-corrected chi connectivity index (χ3v) is 2.82. The molecule has 0 heterocycles. The van der Waals surface area contributed by atoms with Gasteiger partial charge in [0, 0.05) is 24.2 Å². The van der Waals surface area contributed by atoms with Gasteiger partial charge in [0.05, 0.1) is 19.6 Å². The molecule has 0 aliphatic carbocycles. The summed E-state index contributed by atoms with van der Waals surface area (Å²) in [6.07, 6.45) is 1.16. The lowest BCUT2D eigenvalue weighted by molar-refractivity contribution is -0.118. The second kappa shape index (κ2) is 9.23. The Morgan fingerprint density at radius 3 is 2.67 bits per heavy atom. The van der Waals surface area contributed by atoms with Gasteiger partial charge in [0.1, 0.15) is 11.5 Å². The fourth-order valence-corrected chi connectivity index (χ4v) is 1.70. The summed E-state index contributed by atoms with van der Waals surface area (Å²) < 4.78 is 11.3. The third kappa shape index (κ3) is 6.99. The van der Waals surface area contributed by atoms with Crippen LogP contribution in [-0.4, -0.2) is 25.2 Å². The van der Waals surface area contributed by atoms with Crippen LogP contribution >= 0.6 is 0 Å². The maximum Gasteiger partial charge on any atom is 0.220 e. The summed E-state index contributed by atoms with van der Waals surface area (Å²) in [4.78, 5) is 10.8. The smallest absolute Gasteiger partial charge is 0.220 e. The third-order valence-electron chi connectivity index (χ3n) is 2.82. The standard InChI is InChI=1S/C16H26N2O3/c1-4-8-20-14-6-5-13(11-18-12(2)3)15(10-14)21-9-7-16(17)19/h5-6,10,12,18H,4,7-9,11H2,1-3H3,(H2,17,19). The molecule has 1 rings (SSSR count). The van der Waals surface area contributed by atoms with E-state index in [0.29, 0.717) is 19.2 Å². The molecule has 0 bridgehead atoms. The predicted molar refractivity (Wildman–Crippen MR) is 83.5 cm³/mol. The van der Waals surface area contributed by atoms with E-state index in [-0.39, 0.29) is 18.9 Å². The summed E-state index contributed by atoms with van der Waals surface area (Å²) in [5.41, 5.74) is 6.17. The van der Waals surface area contributed by atoms with Crippen molar-refractivity contribution >= 4 is 5.91 Å². The molecule has 5 heteroatoms. The molecule has 3 N–H and O–H groups in total. The number of carbonyl (C=O) groups excluding carboxylic acids is 1. The van der Waals surface area contributed by atoms with Crippen LogP contribution in [0.1, 0.15) is 39.2 Å². The molecule has 1 aromatic rings. The van der Waals surface area contributed by atoms with Crippen LogP contribution in [0.4, 0.5) is 0 Å². The lowest BCUT2D eigenvalue weighted by atomic mass is 10.1. The van der Waals surface area contributed by atoms with E-state index in [9.17, 15) is 4.79 Å². The van der Waals surface area contributed by atoms with Crippen molar-refractivity contribution in [3.05, 3.63) is 23.8 Å².